The van der Waals surface area contributed by atoms with Gasteiger partial charge in [-0.1, -0.05) is 24.3 Å². The van der Waals surface area contributed by atoms with Crippen molar-refractivity contribution in [2.45, 2.75) is 49.3 Å². The number of carbonyl (C=O) groups is 1. The molecule has 5 aliphatic rings. The molecule has 236 valence electrons. The lowest BCUT2D eigenvalue weighted by atomic mass is 9.85. The molecule has 7 N–H and O–H groups in total. The number of sulfonamides is 1. The average Bonchev–Trinajstić information content (AvgIpc) is 3.45. The van der Waals surface area contributed by atoms with Gasteiger partial charge in [0.05, 0.1) is 10.6 Å². The van der Waals surface area contributed by atoms with Gasteiger partial charge in [0, 0.05) is 36.6 Å². The van der Waals surface area contributed by atoms with E-state index in [4.69, 9.17) is 11.5 Å². The number of benzene rings is 2. The summed E-state index contributed by atoms with van der Waals surface area (Å²) in [6, 6.07) is 14.7. The number of hydrogen-bond acceptors (Lipinski definition) is 8. The summed E-state index contributed by atoms with van der Waals surface area (Å²) < 4.78 is 29.2. The monoisotopic (exact) mass is 620 g/mol. The van der Waals surface area contributed by atoms with E-state index < -0.39 is 10.0 Å². The summed E-state index contributed by atoms with van der Waals surface area (Å²) in [4.78, 5) is 19.6. The second-order valence-electron chi connectivity index (χ2n) is 12.2. The largest absolute Gasteiger partial charge is 0.361 e. The van der Waals surface area contributed by atoms with Gasteiger partial charge in [-0.15, -0.1) is 0 Å². The van der Waals surface area contributed by atoms with Gasteiger partial charge in [-0.2, -0.15) is 0 Å². The Hall–Kier alpha value is -3.26. The third-order valence-electron chi connectivity index (χ3n) is 9.12. The fourth-order valence-corrected chi connectivity index (χ4v) is 7.92. The predicted molar refractivity (Wildman–Crippen MR) is 173 cm³/mol. The molecule has 0 aliphatic carbocycles. The molecule has 0 radical (unpaired) electrons. The number of nitrogens with one attached hydrogen (secondary N) is 3. The van der Waals surface area contributed by atoms with E-state index in [0.29, 0.717) is 19.0 Å². The van der Waals surface area contributed by atoms with Gasteiger partial charge in [-0.3, -0.25) is 9.80 Å². The lowest BCUT2D eigenvalue weighted by molar-refractivity contribution is 0.0827. The maximum Gasteiger partial charge on any atom is 0.327 e. The number of hydrogen-bond donors (Lipinski definition) is 5. The molecule has 3 fully saturated rings. The number of fused-ring (bicyclic) bond motifs is 4. The summed E-state index contributed by atoms with van der Waals surface area (Å²) in [5, 5.41) is 6.39. The van der Waals surface area contributed by atoms with Crippen molar-refractivity contribution in [3.63, 3.8) is 0 Å². The molecule has 2 unspecified atom stereocenters. The lowest BCUT2D eigenvalue weighted by Gasteiger charge is -2.44. The smallest absolute Gasteiger partial charge is 0.327 e. The van der Waals surface area contributed by atoms with Gasteiger partial charge in [0.1, 0.15) is 6.17 Å². The number of nitrogens with zero attached hydrogens (tertiary/aromatic N) is 3. The number of urea groups is 1. The van der Waals surface area contributed by atoms with Gasteiger partial charge in [-0.25, -0.2) is 17.9 Å². The van der Waals surface area contributed by atoms with Crippen LogP contribution in [0.3, 0.4) is 0 Å². The van der Waals surface area contributed by atoms with Gasteiger partial charge in [0.25, 0.3) is 0 Å². The first-order valence-corrected chi connectivity index (χ1v) is 17.2. The molecule has 0 saturated carbocycles. The van der Waals surface area contributed by atoms with E-state index in [0.717, 1.165) is 87.5 Å². The number of amides is 2. The van der Waals surface area contributed by atoms with E-state index >= 15 is 0 Å². The van der Waals surface area contributed by atoms with Crippen LogP contribution in [0.4, 0.5) is 10.5 Å². The Labute approximate surface area is 260 Å². The van der Waals surface area contributed by atoms with E-state index in [2.05, 4.69) is 37.3 Å². The summed E-state index contributed by atoms with van der Waals surface area (Å²) in [6.45, 7) is 6.89. The van der Waals surface area contributed by atoms with Crippen molar-refractivity contribution in [1.82, 2.24) is 25.2 Å². The molecule has 2 bridgehead atoms. The highest BCUT2D eigenvalue weighted by molar-refractivity contribution is 7.89. The predicted octanol–water partition coefficient (Wildman–Crippen LogP) is 1.94. The molecule has 2 amide bonds. The maximum absolute atomic E-state index is 13.1. The van der Waals surface area contributed by atoms with Crippen LogP contribution in [0.5, 0.6) is 0 Å². The summed E-state index contributed by atoms with van der Waals surface area (Å²) in [6.07, 6.45) is 7.47. The summed E-state index contributed by atoms with van der Waals surface area (Å²) in [5.74, 6) is 0.412. The summed E-state index contributed by atoms with van der Waals surface area (Å²) in [7, 11) is -3.61. The van der Waals surface area contributed by atoms with Crippen molar-refractivity contribution in [3.05, 3.63) is 77.5 Å². The van der Waals surface area contributed by atoms with Gasteiger partial charge < -0.3 is 27.0 Å². The zero-order valence-corrected chi connectivity index (χ0v) is 25.9. The number of nitrogens with two attached hydrogens (primary N) is 2. The summed E-state index contributed by atoms with van der Waals surface area (Å²) >= 11 is 0. The van der Waals surface area contributed by atoms with Crippen molar-refractivity contribution in [3.8, 4) is 0 Å². The molecular weight excluding hydrogens is 576 g/mol. The Morgan fingerprint density at radius 3 is 2.23 bits per heavy atom. The van der Waals surface area contributed by atoms with Crippen molar-refractivity contribution in [1.29, 1.82) is 0 Å². The summed E-state index contributed by atoms with van der Waals surface area (Å²) in [5.41, 5.74) is 16.0. The minimum Gasteiger partial charge on any atom is -0.361 e. The van der Waals surface area contributed by atoms with E-state index in [1.54, 1.807) is 17.0 Å². The third kappa shape index (κ3) is 6.85. The van der Waals surface area contributed by atoms with Gasteiger partial charge in [0.15, 0.2) is 0 Å². The Morgan fingerprint density at radius 1 is 0.932 bits per heavy atom. The van der Waals surface area contributed by atoms with Crippen molar-refractivity contribution < 1.29 is 13.2 Å². The first-order chi connectivity index (χ1) is 21.3. The first kappa shape index (κ1) is 30.8. The number of carbonyl (C=O) groups excluding carboxylic acids is 1. The third-order valence-corrected chi connectivity index (χ3v) is 10.6. The molecule has 11 nitrogen and oxygen atoms in total. The van der Waals surface area contributed by atoms with E-state index in [9.17, 15) is 13.2 Å². The molecule has 44 heavy (non-hydrogen) atoms. The lowest BCUT2D eigenvalue weighted by Crippen LogP contribution is -2.57. The minimum absolute atomic E-state index is 0.0310. The van der Waals surface area contributed by atoms with Gasteiger partial charge in [0.2, 0.25) is 10.0 Å². The van der Waals surface area contributed by atoms with Crippen LogP contribution in [-0.2, 0) is 16.6 Å². The molecule has 0 spiro atoms. The minimum atomic E-state index is -3.61. The molecule has 0 aromatic heterocycles. The van der Waals surface area contributed by atoms with Crippen LogP contribution in [0, 0.1) is 5.92 Å². The van der Waals surface area contributed by atoms with E-state index in [1.165, 1.54) is 5.56 Å². The molecule has 5 aliphatic heterocycles. The molecule has 7 rings (SSSR count). The highest BCUT2D eigenvalue weighted by Crippen LogP contribution is 2.30. The van der Waals surface area contributed by atoms with Crippen LogP contribution in [0.25, 0.3) is 5.70 Å². The van der Waals surface area contributed by atoms with Gasteiger partial charge in [-0.05, 0) is 112 Å². The second-order valence-corrected chi connectivity index (χ2v) is 13.9. The molecule has 5 heterocycles. The van der Waals surface area contributed by atoms with Crippen LogP contribution in [0.15, 0.2) is 71.3 Å². The standard InChI is InChI=1S/C32H44N8O3S/c33-13-1-15-38(16-2-14-34)20-23-3-7-27(8-4-23)40-21-26-19-29(35-31(26)36-32(40)41)24-5-9-28(10-6-24)44(42,43)37-30-22-39-17-11-25(30)12-18-39/h3-10,19,21,25,30-31,35,37H,1-2,11-18,20,22,33-34H2,(H,36,41). The molecule has 12 heteroatoms. The van der Waals surface area contributed by atoms with Crippen LogP contribution in [0.1, 0.15) is 36.8 Å². The van der Waals surface area contributed by atoms with Gasteiger partial charge >= 0.3 is 6.03 Å². The van der Waals surface area contributed by atoms with Crippen molar-refractivity contribution in [2.75, 3.05) is 50.7 Å². The number of rotatable bonds is 13. The first-order valence-electron chi connectivity index (χ1n) is 15.7. The van der Waals surface area contributed by atoms with E-state index in [1.807, 2.05) is 36.5 Å². The van der Waals surface area contributed by atoms with Crippen molar-refractivity contribution >= 4 is 27.4 Å². The van der Waals surface area contributed by atoms with Crippen molar-refractivity contribution in [2.24, 2.45) is 17.4 Å². The zero-order chi connectivity index (χ0) is 30.7. The average molecular weight is 621 g/mol. The Balaban J connectivity index is 1.11. The SMILES string of the molecule is NCCCN(CCCN)Cc1ccc(N2C=C3C=C(c4ccc(S(=O)(=O)NC5CN6CCC5CC6)cc4)NC3NC2=O)cc1. The molecule has 2 atom stereocenters. The number of anilines is 1. The molecular formula is C32H44N8O3S. The van der Waals surface area contributed by atoms with Crippen LogP contribution in [0.2, 0.25) is 0 Å². The fourth-order valence-electron chi connectivity index (χ4n) is 6.62. The zero-order valence-electron chi connectivity index (χ0n) is 25.1. The second kappa shape index (κ2) is 13.4. The quantitative estimate of drug-likeness (QED) is 0.228. The Kier molecular flexibility index (Phi) is 9.36. The van der Waals surface area contributed by atoms with Crippen LogP contribution in [-0.4, -0.2) is 82.3 Å². The molecule has 3 saturated heterocycles. The molecule has 2 aromatic rings. The van der Waals surface area contributed by atoms with Crippen LogP contribution < -0.4 is 31.7 Å². The topological polar surface area (TPSA) is 149 Å². The number of piperidine rings is 3. The highest BCUT2D eigenvalue weighted by atomic mass is 32.2. The normalized spacial score (nSPS) is 24.5. The fraction of sp³-hybridized carbons (Fsp3) is 0.469. The Bertz CT molecular complexity index is 1480. The maximum atomic E-state index is 13.1. The Morgan fingerprint density at radius 2 is 1.61 bits per heavy atom. The molecule has 2 aromatic carbocycles. The van der Waals surface area contributed by atoms with Crippen LogP contribution >= 0.6 is 0 Å². The highest BCUT2D eigenvalue weighted by Gasteiger charge is 2.37. The van der Waals surface area contributed by atoms with E-state index in [-0.39, 0.29) is 23.1 Å².